The molecule has 138 valence electrons. The summed E-state index contributed by atoms with van der Waals surface area (Å²) in [6, 6.07) is 9.05. The van der Waals surface area contributed by atoms with Crippen molar-refractivity contribution in [3.63, 3.8) is 0 Å². The number of primary amides is 1. The molecule has 1 fully saturated rings. The first-order chi connectivity index (χ1) is 12.5. The number of nitrogens with two attached hydrogens (primary N) is 1. The quantitative estimate of drug-likeness (QED) is 0.800. The third-order valence-corrected chi connectivity index (χ3v) is 4.64. The third-order valence-electron chi connectivity index (χ3n) is 4.39. The van der Waals surface area contributed by atoms with E-state index in [0.29, 0.717) is 29.6 Å². The summed E-state index contributed by atoms with van der Waals surface area (Å²) in [4.78, 5) is 25.4. The molecule has 1 aromatic carbocycles. The van der Waals surface area contributed by atoms with Crippen molar-refractivity contribution in [2.24, 2.45) is 11.7 Å². The van der Waals surface area contributed by atoms with E-state index in [9.17, 15) is 9.59 Å². The maximum atomic E-state index is 12.4. The lowest BCUT2D eigenvalue weighted by Gasteiger charge is -2.30. The van der Waals surface area contributed by atoms with Gasteiger partial charge in [-0.15, -0.1) is 0 Å². The average Bonchev–Trinajstić information content (AvgIpc) is 3.09. The monoisotopic (exact) mass is 376 g/mol. The van der Waals surface area contributed by atoms with Crippen molar-refractivity contribution in [3.8, 4) is 11.3 Å². The average molecular weight is 377 g/mol. The summed E-state index contributed by atoms with van der Waals surface area (Å²) >= 11 is 5.88. The van der Waals surface area contributed by atoms with Gasteiger partial charge in [-0.2, -0.15) is 0 Å². The molecule has 3 N–H and O–H groups in total. The van der Waals surface area contributed by atoms with Crippen molar-refractivity contribution >= 4 is 23.4 Å². The zero-order valence-electron chi connectivity index (χ0n) is 14.3. The second kappa shape index (κ2) is 8.33. The molecular formula is C18H21ClN4O3. The SMILES string of the molecule is NC(=O)CN1CCCC(C(=O)NCc2cc(-c3ccc(Cl)cc3)on2)C1. The molecule has 26 heavy (non-hydrogen) atoms. The van der Waals surface area contributed by atoms with Gasteiger partial charge < -0.3 is 15.6 Å². The first-order valence-electron chi connectivity index (χ1n) is 8.51. The summed E-state index contributed by atoms with van der Waals surface area (Å²) < 4.78 is 5.33. The smallest absolute Gasteiger partial charge is 0.231 e. The molecule has 0 bridgehead atoms. The molecule has 0 aliphatic carbocycles. The summed E-state index contributed by atoms with van der Waals surface area (Å²) in [5.74, 6) is 0.0561. The summed E-state index contributed by atoms with van der Waals surface area (Å²) in [5, 5.41) is 7.53. The van der Waals surface area contributed by atoms with E-state index in [1.807, 2.05) is 17.0 Å². The first kappa shape index (κ1) is 18.4. The van der Waals surface area contributed by atoms with Gasteiger partial charge in [0.2, 0.25) is 11.8 Å². The number of nitrogens with zero attached hydrogens (tertiary/aromatic N) is 2. The second-order valence-electron chi connectivity index (χ2n) is 6.45. The molecule has 0 saturated carbocycles. The Bertz CT molecular complexity index is 775. The molecule has 8 heteroatoms. The van der Waals surface area contributed by atoms with E-state index in [1.54, 1.807) is 18.2 Å². The molecule has 2 aromatic rings. The van der Waals surface area contributed by atoms with Gasteiger partial charge in [-0.3, -0.25) is 14.5 Å². The minimum Gasteiger partial charge on any atom is -0.369 e. The standard InChI is InChI=1S/C18H21ClN4O3/c19-14-5-3-12(4-6-14)16-8-15(22-26-16)9-21-18(25)13-2-1-7-23(10-13)11-17(20)24/h3-6,8,13H,1-2,7,9-11H2,(H2,20,24)(H,21,25). The predicted octanol–water partition coefficient (Wildman–Crippen LogP) is 1.81. The lowest BCUT2D eigenvalue weighted by Crippen LogP contribution is -2.45. The summed E-state index contributed by atoms with van der Waals surface area (Å²) in [5.41, 5.74) is 6.75. The van der Waals surface area contributed by atoms with Gasteiger partial charge in [0.1, 0.15) is 5.69 Å². The number of halogens is 1. The van der Waals surface area contributed by atoms with Crippen molar-refractivity contribution < 1.29 is 14.1 Å². The minimum absolute atomic E-state index is 0.0461. The number of hydrogen-bond donors (Lipinski definition) is 2. The van der Waals surface area contributed by atoms with Crippen LogP contribution < -0.4 is 11.1 Å². The molecule has 0 spiro atoms. The third kappa shape index (κ3) is 4.83. The molecule has 0 radical (unpaired) electrons. The number of rotatable bonds is 6. The largest absolute Gasteiger partial charge is 0.369 e. The van der Waals surface area contributed by atoms with Crippen LogP contribution in [0.1, 0.15) is 18.5 Å². The highest BCUT2D eigenvalue weighted by molar-refractivity contribution is 6.30. The first-order valence-corrected chi connectivity index (χ1v) is 8.89. The van der Waals surface area contributed by atoms with E-state index in [-0.39, 0.29) is 24.3 Å². The Labute approximate surface area is 156 Å². The van der Waals surface area contributed by atoms with Crippen LogP contribution in [0.2, 0.25) is 5.02 Å². The van der Waals surface area contributed by atoms with Crippen LogP contribution in [0.25, 0.3) is 11.3 Å². The zero-order chi connectivity index (χ0) is 18.5. The van der Waals surface area contributed by atoms with Crippen LogP contribution in [-0.2, 0) is 16.1 Å². The van der Waals surface area contributed by atoms with Gasteiger partial charge in [-0.05, 0) is 43.7 Å². The van der Waals surface area contributed by atoms with Gasteiger partial charge >= 0.3 is 0 Å². The maximum Gasteiger partial charge on any atom is 0.231 e. The molecule has 2 amide bonds. The van der Waals surface area contributed by atoms with Gasteiger partial charge in [0, 0.05) is 23.2 Å². The van der Waals surface area contributed by atoms with Gasteiger partial charge in [0.15, 0.2) is 5.76 Å². The Morgan fingerprint density at radius 1 is 1.35 bits per heavy atom. The normalized spacial score (nSPS) is 17.8. The number of carbonyl (C=O) groups is 2. The molecule has 1 aliphatic heterocycles. The van der Waals surface area contributed by atoms with E-state index in [1.165, 1.54) is 0 Å². The molecule has 7 nitrogen and oxygen atoms in total. The fourth-order valence-corrected chi connectivity index (χ4v) is 3.23. The van der Waals surface area contributed by atoms with E-state index in [4.69, 9.17) is 21.9 Å². The van der Waals surface area contributed by atoms with Crippen LogP contribution in [-0.4, -0.2) is 41.5 Å². The van der Waals surface area contributed by atoms with Gasteiger partial charge in [-0.25, -0.2) is 0 Å². The van der Waals surface area contributed by atoms with Crippen molar-refractivity contribution in [1.29, 1.82) is 0 Å². The Kier molecular flexibility index (Phi) is 5.90. The van der Waals surface area contributed by atoms with Crippen LogP contribution in [0, 0.1) is 5.92 Å². The number of aromatic nitrogens is 1. The van der Waals surface area contributed by atoms with Crippen LogP contribution in [0.3, 0.4) is 0 Å². The van der Waals surface area contributed by atoms with Crippen molar-refractivity contribution in [1.82, 2.24) is 15.4 Å². The number of carbonyl (C=O) groups excluding carboxylic acids is 2. The minimum atomic E-state index is -0.372. The van der Waals surface area contributed by atoms with Crippen molar-refractivity contribution in [2.45, 2.75) is 19.4 Å². The van der Waals surface area contributed by atoms with Crippen LogP contribution in [0.4, 0.5) is 0 Å². The molecular weight excluding hydrogens is 356 g/mol. The lowest BCUT2D eigenvalue weighted by atomic mass is 9.97. The molecule has 1 atom stereocenters. The molecule has 1 aliphatic rings. The number of amides is 2. The number of piperidine rings is 1. The van der Waals surface area contributed by atoms with Gasteiger partial charge in [0.05, 0.1) is 19.0 Å². The number of nitrogens with one attached hydrogen (secondary N) is 1. The maximum absolute atomic E-state index is 12.4. The predicted molar refractivity (Wildman–Crippen MR) is 97.2 cm³/mol. The number of likely N-dealkylation sites (tertiary alicyclic amines) is 1. The van der Waals surface area contributed by atoms with Gasteiger partial charge in [-0.1, -0.05) is 16.8 Å². The summed E-state index contributed by atoms with van der Waals surface area (Å²) in [6.07, 6.45) is 1.67. The number of benzene rings is 1. The molecule has 1 aromatic heterocycles. The number of hydrogen-bond acceptors (Lipinski definition) is 5. The highest BCUT2D eigenvalue weighted by Crippen LogP contribution is 2.22. The highest BCUT2D eigenvalue weighted by Gasteiger charge is 2.26. The Hall–Kier alpha value is -2.38. The van der Waals surface area contributed by atoms with Crippen molar-refractivity contribution in [2.75, 3.05) is 19.6 Å². The molecule has 1 unspecified atom stereocenters. The Morgan fingerprint density at radius 2 is 2.12 bits per heavy atom. The second-order valence-corrected chi connectivity index (χ2v) is 6.88. The van der Waals surface area contributed by atoms with Crippen LogP contribution in [0.15, 0.2) is 34.9 Å². The van der Waals surface area contributed by atoms with E-state index < -0.39 is 0 Å². The Morgan fingerprint density at radius 3 is 2.85 bits per heavy atom. The summed E-state index contributed by atoms with van der Waals surface area (Å²) in [7, 11) is 0. The van der Waals surface area contributed by atoms with E-state index in [0.717, 1.165) is 24.9 Å². The molecule has 1 saturated heterocycles. The van der Waals surface area contributed by atoms with Crippen LogP contribution in [0.5, 0.6) is 0 Å². The zero-order valence-corrected chi connectivity index (χ0v) is 15.0. The lowest BCUT2D eigenvalue weighted by molar-refractivity contribution is -0.128. The van der Waals surface area contributed by atoms with E-state index >= 15 is 0 Å². The topological polar surface area (TPSA) is 101 Å². The fourth-order valence-electron chi connectivity index (χ4n) is 3.10. The highest BCUT2D eigenvalue weighted by atomic mass is 35.5. The molecule has 2 heterocycles. The van der Waals surface area contributed by atoms with Gasteiger partial charge in [0.25, 0.3) is 0 Å². The van der Waals surface area contributed by atoms with Crippen LogP contribution >= 0.6 is 11.6 Å². The van der Waals surface area contributed by atoms with Crippen molar-refractivity contribution in [3.05, 3.63) is 41.0 Å². The Balaban J connectivity index is 1.53. The fraction of sp³-hybridized carbons (Fsp3) is 0.389. The molecule has 3 rings (SSSR count). The summed E-state index contributed by atoms with van der Waals surface area (Å²) in [6.45, 7) is 1.82. The van der Waals surface area contributed by atoms with E-state index in [2.05, 4.69) is 10.5 Å².